The van der Waals surface area contributed by atoms with Crippen molar-refractivity contribution >= 4 is 11.8 Å². The minimum absolute atomic E-state index is 0.0208. The second-order valence-electron chi connectivity index (χ2n) is 10.1. The van der Waals surface area contributed by atoms with Crippen LogP contribution in [0.4, 0.5) is 0 Å². The second-order valence-corrected chi connectivity index (χ2v) is 10.1. The first-order valence-corrected chi connectivity index (χ1v) is 13.4. The van der Waals surface area contributed by atoms with Gasteiger partial charge in [0, 0.05) is 38.0 Å². The Morgan fingerprint density at radius 3 is 2.35 bits per heavy atom. The first-order chi connectivity index (χ1) is 18.0. The van der Waals surface area contributed by atoms with Crippen LogP contribution in [0.2, 0.25) is 0 Å². The molecule has 0 saturated carbocycles. The van der Waals surface area contributed by atoms with Crippen molar-refractivity contribution in [2.75, 3.05) is 46.1 Å². The number of amides is 2. The Labute approximate surface area is 217 Å². The van der Waals surface area contributed by atoms with E-state index in [1.54, 1.807) is 0 Å². The summed E-state index contributed by atoms with van der Waals surface area (Å²) < 4.78 is 23.6. The van der Waals surface area contributed by atoms with Crippen molar-refractivity contribution in [3.8, 4) is 11.5 Å². The molecule has 2 atom stereocenters. The number of hydrogen-bond donors (Lipinski definition) is 0. The van der Waals surface area contributed by atoms with Gasteiger partial charge in [-0.3, -0.25) is 9.59 Å². The lowest BCUT2D eigenvalue weighted by Gasteiger charge is -2.47. The van der Waals surface area contributed by atoms with Gasteiger partial charge in [0.15, 0.2) is 17.3 Å². The van der Waals surface area contributed by atoms with Crippen molar-refractivity contribution in [1.82, 2.24) is 9.80 Å². The van der Waals surface area contributed by atoms with Crippen LogP contribution in [-0.4, -0.2) is 73.5 Å². The largest absolute Gasteiger partial charge is 0.490 e. The van der Waals surface area contributed by atoms with E-state index in [9.17, 15) is 9.59 Å². The fourth-order valence-corrected chi connectivity index (χ4v) is 6.39. The molecular weight excluding hydrogens is 472 g/mol. The van der Waals surface area contributed by atoms with Crippen molar-refractivity contribution in [2.45, 2.75) is 50.9 Å². The Morgan fingerprint density at radius 2 is 1.65 bits per heavy atom. The Kier molecular flexibility index (Phi) is 6.32. The third kappa shape index (κ3) is 4.07. The molecule has 2 amide bonds. The Bertz CT molecular complexity index is 1200. The second kappa shape index (κ2) is 9.65. The monoisotopic (exact) mass is 506 g/mol. The minimum atomic E-state index is -0.553. The van der Waals surface area contributed by atoms with Gasteiger partial charge >= 0.3 is 0 Å². The van der Waals surface area contributed by atoms with E-state index in [0.29, 0.717) is 82.4 Å². The van der Waals surface area contributed by atoms with Gasteiger partial charge in [0.1, 0.15) is 0 Å². The van der Waals surface area contributed by atoms with Gasteiger partial charge in [0.05, 0.1) is 38.4 Å². The van der Waals surface area contributed by atoms with Crippen LogP contribution in [0.3, 0.4) is 0 Å². The number of hydrogen-bond acceptors (Lipinski definition) is 6. The maximum atomic E-state index is 14.3. The van der Waals surface area contributed by atoms with E-state index in [1.165, 1.54) is 0 Å². The number of rotatable bonds is 5. The molecule has 2 aromatic rings. The van der Waals surface area contributed by atoms with Gasteiger partial charge in [0.25, 0.3) is 5.91 Å². The zero-order valence-electron chi connectivity index (χ0n) is 21.5. The third-order valence-electron chi connectivity index (χ3n) is 8.10. The fourth-order valence-electron chi connectivity index (χ4n) is 6.39. The number of benzene rings is 2. The number of likely N-dealkylation sites (tertiary alicyclic amines) is 1. The van der Waals surface area contributed by atoms with Gasteiger partial charge in [-0.25, -0.2) is 0 Å². The van der Waals surface area contributed by atoms with E-state index in [1.807, 2.05) is 60.0 Å². The molecule has 8 heteroatoms. The first-order valence-electron chi connectivity index (χ1n) is 13.4. The van der Waals surface area contributed by atoms with Crippen LogP contribution in [0.15, 0.2) is 36.4 Å². The van der Waals surface area contributed by atoms with Crippen molar-refractivity contribution in [3.63, 3.8) is 0 Å². The summed E-state index contributed by atoms with van der Waals surface area (Å²) in [5.41, 5.74) is 3.48. The summed E-state index contributed by atoms with van der Waals surface area (Å²) in [6.45, 7) is 7.82. The summed E-state index contributed by atoms with van der Waals surface area (Å²) in [4.78, 5) is 31.8. The summed E-state index contributed by atoms with van der Waals surface area (Å²) in [7, 11) is 0. The molecule has 0 N–H and O–H groups in total. The van der Waals surface area contributed by atoms with Gasteiger partial charge in [-0.05, 0) is 55.2 Å². The van der Waals surface area contributed by atoms with Crippen molar-refractivity contribution < 1.29 is 28.5 Å². The summed E-state index contributed by atoms with van der Waals surface area (Å²) in [5, 5.41) is 0. The van der Waals surface area contributed by atoms with Gasteiger partial charge in [-0.2, -0.15) is 0 Å². The van der Waals surface area contributed by atoms with Crippen LogP contribution >= 0.6 is 0 Å². The maximum absolute atomic E-state index is 14.3. The van der Waals surface area contributed by atoms with Crippen LogP contribution in [0.5, 0.6) is 11.5 Å². The standard InChI is InChI=1S/C29H34N2O6/c1-3-34-23-17-19-9-12-31-26(22(19)18-24(23)35-4-2)25(20-7-5-6-8-21(20)27(31)32)28(33)30-13-10-29(11-14-30)36-15-16-37-29/h5-8,17-18,25-26H,3-4,9-16H2,1-2H3/t25-,26+/m1/s1. The Balaban J connectivity index is 1.41. The SMILES string of the molecule is CCOc1cc2c(cc1OCC)[C@H]1[C@H](C(=O)N3CCC4(CC3)OCCO4)c3ccccc3C(=O)N1CC2. The maximum Gasteiger partial charge on any atom is 0.254 e. The molecule has 2 aromatic carbocycles. The van der Waals surface area contributed by atoms with E-state index in [4.69, 9.17) is 18.9 Å². The predicted octanol–water partition coefficient (Wildman–Crippen LogP) is 3.69. The number of fused-ring (bicyclic) bond motifs is 4. The molecule has 6 rings (SSSR count). The average molecular weight is 507 g/mol. The summed E-state index contributed by atoms with van der Waals surface area (Å²) >= 11 is 0. The number of nitrogens with zero attached hydrogens (tertiary/aromatic N) is 2. The topological polar surface area (TPSA) is 77.5 Å². The van der Waals surface area contributed by atoms with E-state index in [0.717, 1.165) is 16.7 Å². The van der Waals surface area contributed by atoms with Gasteiger partial charge in [-0.1, -0.05) is 18.2 Å². The van der Waals surface area contributed by atoms with Crippen LogP contribution < -0.4 is 9.47 Å². The number of piperidine rings is 1. The van der Waals surface area contributed by atoms with Crippen LogP contribution in [0, 0.1) is 0 Å². The molecule has 1 spiro atoms. The van der Waals surface area contributed by atoms with E-state index in [-0.39, 0.29) is 11.8 Å². The lowest BCUT2D eigenvalue weighted by Crippen LogP contribution is -2.53. The zero-order valence-corrected chi connectivity index (χ0v) is 21.5. The highest BCUT2D eigenvalue weighted by Gasteiger charge is 2.49. The van der Waals surface area contributed by atoms with Crippen LogP contribution in [-0.2, 0) is 20.7 Å². The van der Waals surface area contributed by atoms with Gasteiger partial charge in [-0.15, -0.1) is 0 Å². The third-order valence-corrected chi connectivity index (χ3v) is 8.10. The lowest BCUT2D eigenvalue weighted by atomic mass is 9.75. The Morgan fingerprint density at radius 1 is 0.973 bits per heavy atom. The quantitative estimate of drug-likeness (QED) is 0.616. The molecule has 0 aromatic heterocycles. The zero-order chi connectivity index (χ0) is 25.6. The number of carbonyl (C=O) groups is 2. The fraction of sp³-hybridized carbons (Fsp3) is 0.517. The van der Waals surface area contributed by atoms with E-state index < -0.39 is 17.7 Å². The molecule has 0 unspecified atom stereocenters. The highest BCUT2D eigenvalue weighted by molar-refractivity contribution is 6.01. The van der Waals surface area contributed by atoms with Crippen molar-refractivity contribution in [3.05, 3.63) is 58.7 Å². The van der Waals surface area contributed by atoms with Gasteiger partial charge in [0.2, 0.25) is 5.91 Å². The summed E-state index contributed by atoms with van der Waals surface area (Å²) in [6, 6.07) is 11.2. The number of ether oxygens (including phenoxy) is 4. The molecular formula is C29H34N2O6. The molecule has 8 nitrogen and oxygen atoms in total. The molecule has 2 fully saturated rings. The predicted molar refractivity (Wildman–Crippen MR) is 136 cm³/mol. The van der Waals surface area contributed by atoms with Crippen molar-refractivity contribution in [2.24, 2.45) is 0 Å². The molecule has 0 aliphatic carbocycles. The lowest BCUT2D eigenvalue weighted by molar-refractivity contribution is -0.188. The smallest absolute Gasteiger partial charge is 0.254 e. The summed E-state index contributed by atoms with van der Waals surface area (Å²) in [6.07, 6.45) is 2.01. The molecule has 4 aliphatic heterocycles. The van der Waals surface area contributed by atoms with Crippen LogP contribution in [0.25, 0.3) is 0 Å². The molecule has 196 valence electrons. The van der Waals surface area contributed by atoms with Gasteiger partial charge < -0.3 is 28.7 Å². The molecule has 0 radical (unpaired) electrons. The minimum Gasteiger partial charge on any atom is -0.490 e. The Hall–Kier alpha value is -3.10. The van der Waals surface area contributed by atoms with E-state index >= 15 is 0 Å². The highest BCUT2D eigenvalue weighted by Crippen LogP contribution is 2.49. The first kappa shape index (κ1) is 24.2. The average Bonchev–Trinajstić information content (AvgIpc) is 3.37. The highest BCUT2D eigenvalue weighted by atomic mass is 16.7. The molecule has 37 heavy (non-hydrogen) atoms. The molecule has 2 saturated heterocycles. The normalized spacial score (nSPS) is 23.9. The molecule has 4 aliphatic rings. The van der Waals surface area contributed by atoms with Crippen molar-refractivity contribution in [1.29, 1.82) is 0 Å². The summed E-state index contributed by atoms with van der Waals surface area (Å²) in [5.74, 6) is 0.329. The molecule has 0 bridgehead atoms. The van der Waals surface area contributed by atoms with E-state index in [2.05, 4.69) is 0 Å². The molecule has 4 heterocycles. The number of carbonyl (C=O) groups excluding carboxylic acids is 2. The van der Waals surface area contributed by atoms with Crippen LogP contribution in [0.1, 0.15) is 65.7 Å².